The molecule has 0 atom stereocenters. The van der Waals surface area contributed by atoms with Crippen LogP contribution in [-0.2, 0) is 5.54 Å². The number of aromatic nitrogens is 2. The Kier molecular flexibility index (Phi) is 5.30. The van der Waals surface area contributed by atoms with Crippen molar-refractivity contribution >= 4 is 27.6 Å². The third kappa shape index (κ3) is 3.62. The van der Waals surface area contributed by atoms with Crippen molar-refractivity contribution in [2.24, 2.45) is 0 Å². The second kappa shape index (κ2) is 8.99. The van der Waals surface area contributed by atoms with Gasteiger partial charge in [-0.25, -0.2) is 9.07 Å². The molecule has 0 saturated carbocycles. The fourth-order valence-electron chi connectivity index (χ4n) is 5.61. The highest BCUT2D eigenvalue weighted by atomic mass is 19.1. The zero-order valence-corrected chi connectivity index (χ0v) is 21.0. The Bertz CT molecular complexity index is 1830. The van der Waals surface area contributed by atoms with E-state index in [0.717, 1.165) is 27.6 Å². The number of nitrogens with two attached hydrogens (primary N) is 1. The largest absolute Gasteiger partial charge is 0.454 e. The van der Waals surface area contributed by atoms with E-state index in [1.807, 2.05) is 78.9 Å². The molecule has 0 saturated heterocycles. The van der Waals surface area contributed by atoms with Gasteiger partial charge in [0, 0.05) is 16.5 Å². The number of rotatable bonds is 5. The van der Waals surface area contributed by atoms with Crippen molar-refractivity contribution in [3.05, 3.63) is 156 Å². The number of hydrogen-bond acceptors (Lipinski definition) is 3. The maximum absolute atomic E-state index is 14.0. The van der Waals surface area contributed by atoms with Crippen LogP contribution in [0.25, 0.3) is 33.3 Å². The standard InChI is InChI=1S/C34H24FN3O/c35-27-16-19-31-23(20-27)21-32(39-31)33-29-22-28(36)17-18-30(29)38(37-33)34(24-10-4-1-5-11-24,25-12-6-2-7-13-25)26-14-8-3-9-15-26/h1-22H,36H2. The van der Waals surface area contributed by atoms with Gasteiger partial charge >= 0.3 is 0 Å². The third-order valence-corrected chi connectivity index (χ3v) is 7.31. The van der Waals surface area contributed by atoms with E-state index in [-0.39, 0.29) is 5.82 Å². The fourth-order valence-corrected chi connectivity index (χ4v) is 5.61. The molecule has 7 aromatic rings. The van der Waals surface area contributed by atoms with E-state index in [1.165, 1.54) is 12.1 Å². The van der Waals surface area contributed by atoms with Gasteiger partial charge in [-0.1, -0.05) is 91.0 Å². The smallest absolute Gasteiger partial charge is 0.156 e. The lowest BCUT2D eigenvalue weighted by Gasteiger charge is -2.37. The summed E-state index contributed by atoms with van der Waals surface area (Å²) in [5.41, 5.74) is 11.4. The summed E-state index contributed by atoms with van der Waals surface area (Å²) in [5.74, 6) is 0.235. The molecule has 0 bridgehead atoms. The maximum atomic E-state index is 14.0. The van der Waals surface area contributed by atoms with Crippen LogP contribution >= 0.6 is 0 Å². The second-order valence-electron chi connectivity index (χ2n) is 9.64. The summed E-state index contributed by atoms with van der Waals surface area (Å²) in [5, 5.41) is 6.82. The van der Waals surface area contributed by atoms with E-state index in [2.05, 4.69) is 41.1 Å². The molecule has 2 aromatic heterocycles. The normalized spacial score (nSPS) is 11.8. The average molecular weight is 510 g/mol. The molecule has 0 spiro atoms. The Labute approximate surface area is 224 Å². The number of nitrogens with zero attached hydrogens (tertiary/aromatic N) is 2. The molecule has 188 valence electrons. The van der Waals surface area contributed by atoms with Crippen LogP contribution in [0.15, 0.2) is 138 Å². The first-order valence-electron chi connectivity index (χ1n) is 12.8. The van der Waals surface area contributed by atoms with Crippen molar-refractivity contribution in [3.63, 3.8) is 0 Å². The fraction of sp³-hybridized carbons (Fsp3) is 0.0294. The van der Waals surface area contributed by atoms with Gasteiger partial charge in [0.15, 0.2) is 5.76 Å². The quantitative estimate of drug-likeness (QED) is 0.189. The minimum absolute atomic E-state index is 0.314. The summed E-state index contributed by atoms with van der Waals surface area (Å²) in [7, 11) is 0. The Morgan fingerprint density at radius 2 is 1.26 bits per heavy atom. The average Bonchev–Trinajstić information content (AvgIpc) is 3.56. The van der Waals surface area contributed by atoms with Gasteiger partial charge in [-0.05, 0) is 59.2 Å². The van der Waals surface area contributed by atoms with Crippen molar-refractivity contribution in [1.29, 1.82) is 0 Å². The first kappa shape index (κ1) is 23.0. The van der Waals surface area contributed by atoms with Crippen LogP contribution in [0.1, 0.15) is 16.7 Å². The van der Waals surface area contributed by atoms with E-state index in [4.69, 9.17) is 15.2 Å². The van der Waals surface area contributed by atoms with Gasteiger partial charge in [0.1, 0.15) is 22.6 Å². The molecule has 0 aliphatic rings. The molecule has 0 unspecified atom stereocenters. The predicted octanol–water partition coefficient (Wildman–Crippen LogP) is 8.01. The highest BCUT2D eigenvalue weighted by Gasteiger charge is 2.41. The molecule has 2 heterocycles. The van der Waals surface area contributed by atoms with E-state index < -0.39 is 5.54 Å². The molecule has 0 amide bonds. The van der Waals surface area contributed by atoms with E-state index in [9.17, 15) is 4.39 Å². The predicted molar refractivity (Wildman–Crippen MR) is 154 cm³/mol. The molecule has 5 heteroatoms. The zero-order valence-electron chi connectivity index (χ0n) is 21.0. The highest BCUT2D eigenvalue weighted by molar-refractivity contribution is 5.96. The van der Waals surface area contributed by atoms with Gasteiger partial charge in [-0.3, -0.25) is 0 Å². The molecule has 39 heavy (non-hydrogen) atoms. The summed E-state index contributed by atoms with van der Waals surface area (Å²) in [6, 6.07) is 43.3. The van der Waals surface area contributed by atoms with E-state index >= 15 is 0 Å². The molecular weight excluding hydrogens is 485 g/mol. The van der Waals surface area contributed by atoms with Crippen molar-refractivity contribution in [2.45, 2.75) is 5.54 Å². The van der Waals surface area contributed by atoms with E-state index in [0.29, 0.717) is 28.1 Å². The number of hydrogen-bond donors (Lipinski definition) is 1. The highest BCUT2D eigenvalue weighted by Crippen LogP contribution is 2.44. The number of halogens is 1. The summed E-state index contributed by atoms with van der Waals surface area (Å²) < 4.78 is 22.3. The summed E-state index contributed by atoms with van der Waals surface area (Å²) in [6.45, 7) is 0. The first-order chi connectivity index (χ1) is 19.1. The Balaban J connectivity index is 1.62. The first-order valence-corrected chi connectivity index (χ1v) is 12.8. The molecule has 0 aliphatic heterocycles. The molecular formula is C34H24FN3O. The van der Waals surface area contributed by atoms with Gasteiger partial charge in [0.2, 0.25) is 0 Å². The lowest BCUT2D eigenvalue weighted by molar-refractivity contribution is 0.475. The molecule has 5 aromatic carbocycles. The Morgan fingerprint density at radius 1 is 0.667 bits per heavy atom. The van der Waals surface area contributed by atoms with Crippen molar-refractivity contribution in [2.75, 3.05) is 5.73 Å². The van der Waals surface area contributed by atoms with Gasteiger partial charge < -0.3 is 10.2 Å². The van der Waals surface area contributed by atoms with Crippen LogP contribution in [0, 0.1) is 5.82 Å². The van der Waals surface area contributed by atoms with Crippen LogP contribution in [0.4, 0.5) is 10.1 Å². The van der Waals surface area contributed by atoms with Crippen molar-refractivity contribution in [1.82, 2.24) is 9.78 Å². The summed E-state index contributed by atoms with van der Waals surface area (Å²) in [6.07, 6.45) is 0. The van der Waals surface area contributed by atoms with Crippen molar-refractivity contribution in [3.8, 4) is 11.5 Å². The Hall–Kier alpha value is -5.16. The number of benzene rings is 5. The summed E-state index contributed by atoms with van der Waals surface area (Å²) in [4.78, 5) is 0. The number of anilines is 1. The molecule has 2 N–H and O–H groups in total. The monoisotopic (exact) mass is 509 g/mol. The number of furan rings is 1. The SMILES string of the molecule is Nc1ccc2c(c1)c(-c1cc3cc(F)ccc3o1)nn2C(c1ccccc1)(c1ccccc1)c1ccccc1. The summed E-state index contributed by atoms with van der Waals surface area (Å²) >= 11 is 0. The number of nitrogen functional groups attached to an aromatic ring is 1. The van der Waals surface area contributed by atoms with Crippen LogP contribution in [0.5, 0.6) is 0 Å². The third-order valence-electron chi connectivity index (χ3n) is 7.31. The minimum atomic E-state index is -0.811. The molecule has 0 fully saturated rings. The second-order valence-corrected chi connectivity index (χ2v) is 9.64. The van der Waals surface area contributed by atoms with Crippen LogP contribution in [0.2, 0.25) is 0 Å². The Morgan fingerprint density at radius 3 is 1.85 bits per heavy atom. The molecule has 4 nitrogen and oxygen atoms in total. The van der Waals surface area contributed by atoms with Gasteiger partial charge in [0.25, 0.3) is 0 Å². The van der Waals surface area contributed by atoms with Crippen LogP contribution in [-0.4, -0.2) is 9.78 Å². The topological polar surface area (TPSA) is 57.0 Å². The zero-order chi connectivity index (χ0) is 26.4. The van der Waals surface area contributed by atoms with Gasteiger partial charge in [-0.2, -0.15) is 5.10 Å². The van der Waals surface area contributed by atoms with Gasteiger partial charge in [-0.15, -0.1) is 0 Å². The lowest BCUT2D eigenvalue weighted by Crippen LogP contribution is -2.38. The minimum Gasteiger partial charge on any atom is -0.454 e. The van der Waals surface area contributed by atoms with Crippen LogP contribution in [0.3, 0.4) is 0 Å². The lowest BCUT2D eigenvalue weighted by atomic mass is 9.77. The molecule has 7 rings (SSSR count). The van der Waals surface area contributed by atoms with E-state index in [1.54, 1.807) is 6.07 Å². The number of fused-ring (bicyclic) bond motifs is 2. The van der Waals surface area contributed by atoms with Crippen molar-refractivity contribution < 1.29 is 8.81 Å². The molecule has 0 aliphatic carbocycles. The molecule has 0 radical (unpaired) electrons. The van der Waals surface area contributed by atoms with Crippen LogP contribution < -0.4 is 5.73 Å². The maximum Gasteiger partial charge on any atom is 0.156 e. The van der Waals surface area contributed by atoms with Gasteiger partial charge in [0.05, 0.1) is 5.52 Å².